The van der Waals surface area contributed by atoms with Crippen LogP contribution in [0.1, 0.15) is 38.2 Å². The highest BCUT2D eigenvalue weighted by atomic mass is 35.5. The lowest BCUT2D eigenvalue weighted by Gasteiger charge is -2.17. The summed E-state index contributed by atoms with van der Waals surface area (Å²) in [7, 11) is 0. The van der Waals surface area contributed by atoms with Crippen molar-refractivity contribution in [2.75, 3.05) is 19.6 Å². The molecule has 1 N–H and O–H groups in total. The van der Waals surface area contributed by atoms with Gasteiger partial charge < -0.3 is 10.2 Å². The van der Waals surface area contributed by atoms with E-state index in [0.29, 0.717) is 42.5 Å². The fourth-order valence-corrected chi connectivity index (χ4v) is 3.38. The van der Waals surface area contributed by atoms with Gasteiger partial charge in [0.25, 0.3) is 0 Å². The molecule has 0 spiro atoms. The summed E-state index contributed by atoms with van der Waals surface area (Å²) >= 11 is 12.1. The number of likely N-dealkylation sites (tertiary alicyclic amines) is 1. The molecule has 1 fully saturated rings. The second-order valence-electron chi connectivity index (χ2n) is 6.22. The molecule has 1 atom stereocenters. The van der Waals surface area contributed by atoms with Crippen molar-refractivity contribution in [3.8, 4) is 0 Å². The number of nitrogens with one attached hydrogen (secondary N) is 1. The van der Waals surface area contributed by atoms with E-state index in [1.54, 1.807) is 17.0 Å². The highest BCUT2D eigenvalue weighted by Gasteiger charge is 2.33. The molecule has 132 valence electrons. The molecule has 0 bridgehead atoms. The lowest BCUT2D eigenvalue weighted by molar-refractivity contribution is -0.129. The number of carbonyl (C=O) groups is 2. The molecule has 1 aromatic rings. The van der Waals surface area contributed by atoms with Crippen LogP contribution in [-0.2, 0) is 16.0 Å². The van der Waals surface area contributed by atoms with E-state index in [-0.39, 0.29) is 17.7 Å². The molecule has 4 nitrogen and oxygen atoms in total. The predicted octanol–water partition coefficient (Wildman–Crippen LogP) is 3.69. The molecule has 1 unspecified atom stereocenters. The Kier molecular flexibility index (Phi) is 7.38. The summed E-state index contributed by atoms with van der Waals surface area (Å²) in [4.78, 5) is 26.0. The van der Waals surface area contributed by atoms with Crippen molar-refractivity contribution in [2.24, 2.45) is 5.92 Å². The molecule has 1 aromatic carbocycles. The number of amides is 2. The summed E-state index contributed by atoms with van der Waals surface area (Å²) in [5.74, 6) is -0.208. The van der Waals surface area contributed by atoms with Gasteiger partial charge in [-0.3, -0.25) is 9.59 Å². The standard InChI is InChI=1S/C18H24Cl2N2O2/c1-2-3-4-8-21-18(24)14-10-17(23)22(12-14)9-7-13-5-6-15(19)11-16(13)20/h5-6,11,14H,2-4,7-10,12H2,1H3,(H,21,24). The maximum absolute atomic E-state index is 12.1. The predicted molar refractivity (Wildman–Crippen MR) is 97.4 cm³/mol. The molecular weight excluding hydrogens is 347 g/mol. The van der Waals surface area contributed by atoms with Gasteiger partial charge in [0.1, 0.15) is 0 Å². The summed E-state index contributed by atoms with van der Waals surface area (Å²) in [6.07, 6.45) is 4.18. The summed E-state index contributed by atoms with van der Waals surface area (Å²) in [5.41, 5.74) is 0.960. The van der Waals surface area contributed by atoms with Crippen molar-refractivity contribution in [1.29, 1.82) is 0 Å². The second-order valence-corrected chi connectivity index (χ2v) is 7.07. The minimum absolute atomic E-state index is 0.00789. The first kappa shape index (κ1) is 19.1. The second kappa shape index (κ2) is 9.28. The summed E-state index contributed by atoms with van der Waals surface area (Å²) in [6, 6.07) is 5.38. The maximum atomic E-state index is 12.1. The zero-order valence-corrected chi connectivity index (χ0v) is 15.5. The van der Waals surface area contributed by atoms with Crippen LogP contribution in [0.25, 0.3) is 0 Å². The fourth-order valence-electron chi connectivity index (χ4n) is 2.87. The third-order valence-electron chi connectivity index (χ3n) is 4.33. The fraction of sp³-hybridized carbons (Fsp3) is 0.556. The molecule has 1 aliphatic heterocycles. The SMILES string of the molecule is CCCCCNC(=O)C1CC(=O)N(CCc2ccc(Cl)cc2Cl)C1. The van der Waals surface area contributed by atoms with Crippen molar-refractivity contribution < 1.29 is 9.59 Å². The number of nitrogens with zero attached hydrogens (tertiary/aromatic N) is 1. The van der Waals surface area contributed by atoms with Crippen LogP contribution >= 0.6 is 23.2 Å². The van der Waals surface area contributed by atoms with Crippen LogP contribution in [0.15, 0.2) is 18.2 Å². The van der Waals surface area contributed by atoms with Crippen LogP contribution in [0.3, 0.4) is 0 Å². The van der Waals surface area contributed by atoms with Crippen LogP contribution in [0.5, 0.6) is 0 Å². The smallest absolute Gasteiger partial charge is 0.225 e. The van der Waals surface area contributed by atoms with Gasteiger partial charge in [-0.15, -0.1) is 0 Å². The maximum Gasteiger partial charge on any atom is 0.225 e. The minimum Gasteiger partial charge on any atom is -0.356 e. The van der Waals surface area contributed by atoms with Gasteiger partial charge in [0.15, 0.2) is 0 Å². The zero-order valence-electron chi connectivity index (χ0n) is 14.0. The van der Waals surface area contributed by atoms with E-state index in [1.165, 1.54) is 0 Å². The van der Waals surface area contributed by atoms with Crippen molar-refractivity contribution >= 4 is 35.0 Å². The first-order valence-electron chi connectivity index (χ1n) is 8.50. The topological polar surface area (TPSA) is 49.4 Å². The Labute approximate surface area is 153 Å². The number of halogens is 2. The molecular formula is C18H24Cl2N2O2. The average Bonchev–Trinajstić information content (AvgIpc) is 2.92. The molecule has 0 saturated carbocycles. The van der Waals surface area contributed by atoms with Gasteiger partial charge in [-0.2, -0.15) is 0 Å². The molecule has 1 saturated heterocycles. The van der Waals surface area contributed by atoms with E-state index >= 15 is 0 Å². The van der Waals surface area contributed by atoms with Crippen LogP contribution in [-0.4, -0.2) is 36.3 Å². The van der Waals surface area contributed by atoms with E-state index < -0.39 is 0 Å². The van der Waals surface area contributed by atoms with Gasteiger partial charge in [-0.05, 0) is 30.5 Å². The number of unbranched alkanes of at least 4 members (excludes halogenated alkanes) is 2. The van der Waals surface area contributed by atoms with Crippen LogP contribution in [0.2, 0.25) is 10.0 Å². The Bertz CT molecular complexity index is 592. The monoisotopic (exact) mass is 370 g/mol. The number of carbonyl (C=O) groups excluding carboxylic acids is 2. The Hall–Kier alpha value is -1.26. The number of rotatable bonds is 8. The van der Waals surface area contributed by atoms with Gasteiger partial charge in [-0.1, -0.05) is 49.0 Å². The minimum atomic E-state index is -0.236. The summed E-state index contributed by atoms with van der Waals surface area (Å²) in [6.45, 7) is 3.88. The zero-order chi connectivity index (χ0) is 17.5. The first-order chi connectivity index (χ1) is 11.5. The quantitative estimate of drug-likeness (QED) is 0.709. The van der Waals surface area contributed by atoms with E-state index in [2.05, 4.69) is 12.2 Å². The highest BCUT2D eigenvalue weighted by Crippen LogP contribution is 2.23. The third-order valence-corrected chi connectivity index (χ3v) is 4.92. The number of hydrogen-bond acceptors (Lipinski definition) is 2. The van der Waals surface area contributed by atoms with Crippen LogP contribution in [0.4, 0.5) is 0 Å². The van der Waals surface area contributed by atoms with Gasteiger partial charge in [-0.25, -0.2) is 0 Å². The molecule has 0 aliphatic carbocycles. The van der Waals surface area contributed by atoms with Gasteiger partial charge in [0.05, 0.1) is 5.92 Å². The van der Waals surface area contributed by atoms with E-state index in [4.69, 9.17) is 23.2 Å². The first-order valence-corrected chi connectivity index (χ1v) is 9.26. The molecule has 1 aliphatic rings. The van der Waals surface area contributed by atoms with Crippen LogP contribution in [0, 0.1) is 5.92 Å². The van der Waals surface area contributed by atoms with Gasteiger partial charge >= 0.3 is 0 Å². The average molecular weight is 371 g/mol. The number of benzene rings is 1. The highest BCUT2D eigenvalue weighted by molar-refractivity contribution is 6.35. The molecule has 2 amide bonds. The Balaban J connectivity index is 1.80. The molecule has 1 heterocycles. The molecule has 2 rings (SSSR count). The normalized spacial score (nSPS) is 17.4. The molecule has 0 radical (unpaired) electrons. The lowest BCUT2D eigenvalue weighted by atomic mass is 10.1. The van der Waals surface area contributed by atoms with Crippen molar-refractivity contribution in [1.82, 2.24) is 10.2 Å². The number of hydrogen-bond donors (Lipinski definition) is 1. The summed E-state index contributed by atoms with van der Waals surface area (Å²) in [5, 5.41) is 4.14. The Morgan fingerprint density at radius 2 is 2.12 bits per heavy atom. The molecule has 0 aromatic heterocycles. The Morgan fingerprint density at radius 3 is 2.83 bits per heavy atom. The Morgan fingerprint density at radius 1 is 1.33 bits per heavy atom. The van der Waals surface area contributed by atoms with Crippen molar-refractivity contribution in [3.63, 3.8) is 0 Å². The third kappa shape index (κ3) is 5.38. The summed E-state index contributed by atoms with van der Waals surface area (Å²) < 4.78 is 0. The van der Waals surface area contributed by atoms with Crippen molar-refractivity contribution in [2.45, 2.75) is 39.0 Å². The van der Waals surface area contributed by atoms with Crippen LogP contribution < -0.4 is 5.32 Å². The van der Waals surface area contributed by atoms with Gasteiger partial charge in [0, 0.05) is 36.1 Å². The molecule has 6 heteroatoms. The van der Waals surface area contributed by atoms with E-state index in [0.717, 1.165) is 24.8 Å². The largest absolute Gasteiger partial charge is 0.356 e. The molecule has 24 heavy (non-hydrogen) atoms. The van der Waals surface area contributed by atoms with Crippen molar-refractivity contribution in [3.05, 3.63) is 33.8 Å². The van der Waals surface area contributed by atoms with E-state index in [1.807, 2.05) is 6.07 Å². The van der Waals surface area contributed by atoms with Gasteiger partial charge in [0.2, 0.25) is 11.8 Å². The lowest BCUT2D eigenvalue weighted by Crippen LogP contribution is -2.34. The van der Waals surface area contributed by atoms with E-state index in [9.17, 15) is 9.59 Å².